The fourth-order valence-electron chi connectivity index (χ4n) is 8.36. The highest BCUT2D eigenvalue weighted by molar-refractivity contribution is 7.27. The first-order valence-electron chi connectivity index (χ1n) is 21.0. The zero-order chi connectivity index (χ0) is 43.7. The summed E-state index contributed by atoms with van der Waals surface area (Å²) in [7, 11) is 1.29. The lowest BCUT2D eigenvalue weighted by Crippen LogP contribution is -2.51. The van der Waals surface area contributed by atoms with Crippen molar-refractivity contribution in [2.75, 3.05) is 20.2 Å². The number of nitrogens with one attached hydrogen (secondary N) is 4. The standard InChI is InChI=1S/C46H52N8O6S2/c1-26(2)36(51-44(57)59-6)42(55)53-20-10-14-34(53)40-47-22-32(49-40)28-18-16-27(17-19-28)30-24-61-39-31(25-62-38(30)39)33-23-48-41(50-33)35-15-11-21-54(35)43(56)37(29-12-8-7-9-13-29)52-45(58)60-46(3,4)5/h7-9,12-13,16-19,22-26,34-37H,10-11,14-15,20-21H2,1-6H3,(H,47,49)(H,48,50)(H,51,57)(H,52,58)/t34-,35?,36-,37+/m0/s1. The van der Waals surface area contributed by atoms with Crippen LogP contribution in [0.25, 0.3) is 43.0 Å². The molecule has 0 bridgehead atoms. The predicted molar refractivity (Wildman–Crippen MR) is 240 cm³/mol. The van der Waals surface area contributed by atoms with Crippen LogP contribution in [0.15, 0.2) is 77.8 Å². The lowest BCUT2D eigenvalue weighted by Gasteiger charge is -2.29. The number of thiophene rings is 2. The van der Waals surface area contributed by atoms with Crippen LogP contribution in [-0.2, 0) is 19.1 Å². The smallest absolute Gasteiger partial charge is 0.408 e. The van der Waals surface area contributed by atoms with Crippen molar-refractivity contribution >= 4 is 56.1 Å². The molecule has 2 fully saturated rings. The normalized spacial score (nSPS) is 17.7. The van der Waals surface area contributed by atoms with E-state index in [2.05, 4.69) is 55.6 Å². The number of aromatic nitrogens is 4. The largest absolute Gasteiger partial charge is 0.453 e. The fourth-order valence-corrected chi connectivity index (χ4v) is 10.8. The van der Waals surface area contributed by atoms with Gasteiger partial charge in [0.25, 0.3) is 5.91 Å². The van der Waals surface area contributed by atoms with Crippen LogP contribution in [-0.4, -0.2) is 85.6 Å². The first-order valence-corrected chi connectivity index (χ1v) is 22.8. The van der Waals surface area contributed by atoms with Crippen LogP contribution in [0.4, 0.5) is 9.59 Å². The highest BCUT2D eigenvalue weighted by Crippen LogP contribution is 2.45. The summed E-state index contributed by atoms with van der Waals surface area (Å²) in [4.78, 5) is 73.0. The van der Waals surface area contributed by atoms with E-state index in [1.807, 2.05) is 66.4 Å². The molecule has 0 radical (unpaired) electrons. The highest BCUT2D eigenvalue weighted by atomic mass is 32.1. The van der Waals surface area contributed by atoms with Gasteiger partial charge in [-0.1, -0.05) is 68.4 Å². The number of carbonyl (C=O) groups excluding carboxylic acids is 4. The van der Waals surface area contributed by atoms with Crippen molar-refractivity contribution in [1.82, 2.24) is 40.4 Å². The Hall–Kier alpha value is -6.00. The number of ether oxygens (including phenoxy) is 2. The zero-order valence-electron chi connectivity index (χ0n) is 35.7. The van der Waals surface area contributed by atoms with Crippen molar-refractivity contribution in [2.24, 2.45) is 5.92 Å². The number of nitrogens with zero attached hydrogens (tertiary/aromatic N) is 4. The second kappa shape index (κ2) is 17.8. The van der Waals surface area contributed by atoms with Gasteiger partial charge in [-0.2, -0.15) is 0 Å². The summed E-state index contributed by atoms with van der Waals surface area (Å²) in [6.07, 6.45) is 5.64. The van der Waals surface area contributed by atoms with E-state index in [4.69, 9.17) is 19.4 Å². The molecule has 6 heterocycles. The molecule has 324 valence electrons. The van der Waals surface area contributed by atoms with Gasteiger partial charge in [0.15, 0.2) is 0 Å². The Morgan fingerprint density at radius 3 is 2.10 bits per heavy atom. The maximum Gasteiger partial charge on any atom is 0.408 e. The minimum atomic E-state index is -0.907. The number of carbonyl (C=O) groups is 4. The molecular weight excluding hydrogens is 825 g/mol. The van der Waals surface area contributed by atoms with Gasteiger partial charge < -0.3 is 39.9 Å². The number of fused-ring (bicyclic) bond motifs is 1. The van der Waals surface area contributed by atoms with Crippen LogP contribution in [0, 0.1) is 5.92 Å². The quantitative estimate of drug-likeness (QED) is 0.0996. The minimum Gasteiger partial charge on any atom is -0.453 e. The highest BCUT2D eigenvalue weighted by Gasteiger charge is 2.39. The van der Waals surface area contributed by atoms with Gasteiger partial charge in [-0.15, -0.1) is 22.7 Å². The number of hydrogen-bond acceptors (Lipinski definition) is 10. The Kier molecular flexibility index (Phi) is 12.2. The van der Waals surface area contributed by atoms with Crippen molar-refractivity contribution in [2.45, 2.75) is 90.1 Å². The molecule has 4 aromatic heterocycles. The molecule has 6 aromatic rings. The van der Waals surface area contributed by atoms with Gasteiger partial charge >= 0.3 is 12.2 Å². The van der Waals surface area contributed by atoms with E-state index in [1.54, 1.807) is 43.4 Å². The lowest BCUT2D eigenvalue weighted by atomic mass is 10.0. The summed E-state index contributed by atoms with van der Waals surface area (Å²) in [6, 6.07) is 15.5. The summed E-state index contributed by atoms with van der Waals surface area (Å²) >= 11 is 3.38. The molecule has 2 aromatic carbocycles. The number of hydrogen-bond donors (Lipinski definition) is 4. The third-order valence-electron chi connectivity index (χ3n) is 11.4. The molecule has 2 aliphatic rings. The molecular formula is C46H52N8O6S2. The van der Waals surface area contributed by atoms with E-state index < -0.39 is 29.9 Å². The number of methoxy groups -OCH3 is 1. The average molecular weight is 877 g/mol. The summed E-state index contributed by atoms with van der Waals surface area (Å²) in [5.41, 5.74) is 5.90. The molecule has 1 unspecified atom stereocenters. The number of imidazole rings is 2. The third kappa shape index (κ3) is 8.84. The fraction of sp³-hybridized carbons (Fsp3) is 0.391. The van der Waals surface area contributed by atoms with Crippen LogP contribution in [0.3, 0.4) is 0 Å². The summed E-state index contributed by atoms with van der Waals surface area (Å²) in [5, 5.41) is 9.88. The second-order valence-corrected chi connectivity index (χ2v) is 18.9. The Morgan fingerprint density at radius 2 is 1.44 bits per heavy atom. The van der Waals surface area contributed by atoms with Gasteiger partial charge in [-0.3, -0.25) is 9.59 Å². The van der Waals surface area contributed by atoms with Gasteiger partial charge in [-0.25, -0.2) is 19.6 Å². The Balaban J connectivity index is 0.964. The molecule has 62 heavy (non-hydrogen) atoms. The van der Waals surface area contributed by atoms with Crippen LogP contribution < -0.4 is 10.6 Å². The van der Waals surface area contributed by atoms with Gasteiger partial charge in [0.2, 0.25) is 5.91 Å². The molecule has 4 amide bonds. The van der Waals surface area contributed by atoms with E-state index in [0.29, 0.717) is 24.5 Å². The van der Waals surface area contributed by atoms with E-state index >= 15 is 0 Å². The topological polar surface area (TPSA) is 175 Å². The number of amides is 4. The monoisotopic (exact) mass is 876 g/mol. The number of aromatic amines is 2. The summed E-state index contributed by atoms with van der Waals surface area (Å²) in [5.74, 6) is 0.979. The van der Waals surface area contributed by atoms with E-state index in [1.165, 1.54) is 11.8 Å². The van der Waals surface area contributed by atoms with E-state index in [0.717, 1.165) is 69.8 Å². The molecule has 4 atom stereocenters. The minimum absolute atomic E-state index is 0.110. The first kappa shape index (κ1) is 42.7. The predicted octanol–water partition coefficient (Wildman–Crippen LogP) is 9.38. The number of likely N-dealkylation sites (tertiary alicyclic amines) is 2. The molecule has 2 saturated heterocycles. The number of H-pyrrole nitrogens is 2. The molecule has 0 spiro atoms. The molecule has 4 N–H and O–H groups in total. The molecule has 0 saturated carbocycles. The molecule has 8 rings (SSSR count). The van der Waals surface area contributed by atoms with Crippen molar-refractivity contribution in [3.05, 3.63) is 95.0 Å². The maximum absolute atomic E-state index is 14.2. The van der Waals surface area contributed by atoms with Gasteiger partial charge in [0.1, 0.15) is 29.3 Å². The van der Waals surface area contributed by atoms with Crippen molar-refractivity contribution in [3.63, 3.8) is 0 Å². The summed E-state index contributed by atoms with van der Waals surface area (Å²) < 4.78 is 12.6. The average Bonchev–Trinajstić information content (AvgIpc) is 4.11. The SMILES string of the molecule is COC(=O)N[C@H](C(=O)N1CCC[C@H]1c1nc(-c2ccc(-c3csc4c(-c5cnc(C6CCCN6C(=O)[C@H](NC(=O)OC(C)(C)C)c6ccccc6)[nH]5)csc34)cc2)c[nH]1)C(C)C. The number of rotatable bonds is 11. The van der Waals surface area contributed by atoms with Crippen molar-refractivity contribution in [3.8, 4) is 33.6 Å². The van der Waals surface area contributed by atoms with Crippen molar-refractivity contribution in [1.29, 1.82) is 0 Å². The van der Waals surface area contributed by atoms with Crippen LogP contribution in [0.1, 0.15) is 95.6 Å². The van der Waals surface area contributed by atoms with Gasteiger partial charge in [0, 0.05) is 46.7 Å². The number of alkyl carbamates (subject to hydrolysis) is 2. The lowest BCUT2D eigenvalue weighted by molar-refractivity contribution is -0.136. The third-order valence-corrected chi connectivity index (χ3v) is 13.6. The zero-order valence-corrected chi connectivity index (χ0v) is 37.3. The van der Waals surface area contributed by atoms with E-state index in [-0.39, 0.29) is 29.8 Å². The maximum atomic E-state index is 14.2. The Morgan fingerprint density at radius 1 is 0.806 bits per heavy atom. The van der Waals surface area contributed by atoms with Crippen molar-refractivity contribution < 1.29 is 28.7 Å². The Bertz CT molecular complexity index is 2550. The Labute approximate surface area is 368 Å². The first-order chi connectivity index (χ1) is 29.8. The van der Waals surface area contributed by atoms with Crippen LogP contribution >= 0.6 is 22.7 Å². The van der Waals surface area contributed by atoms with Gasteiger partial charge in [-0.05, 0) is 63.5 Å². The van der Waals surface area contributed by atoms with Gasteiger partial charge in [0.05, 0.1) is 46.2 Å². The van der Waals surface area contributed by atoms with Crippen LogP contribution in [0.2, 0.25) is 0 Å². The second-order valence-electron chi connectivity index (χ2n) is 17.1. The van der Waals surface area contributed by atoms with Crippen LogP contribution in [0.5, 0.6) is 0 Å². The molecule has 14 nitrogen and oxygen atoms in total. The van der Waals surface area contributed by atoms with E-state index in [9.17, 15) is 19.2 Å². The molecule has 2 aliphatic heterocycles. The molecule has 16 heteroatoms. The summed E-state index contributed by atoms with van der Waals surface area (Å²) in [6.45, 7) is 10.3. The number of benzene rings is 2. The molecule has 0 aliphatic carbocycles.